The summed E-state index contributed by atoms with van der Waals surface area (Å²) in [5.41, 5.74) is 5.56. The molecule has 0 amide bonds. The molecule has 0 radical (unpaired) electrons. The maximum absolute atomic E-state index is 9.56. The number of para-hydroxylation sites is 2. The molecule has 0 aliphatic carbocycles. The van der Waals surface area contributed by atoms with Gasteiger partial charge in [-0.25, -0.2) is 9.97 Å². The average Bonchev–Trinajstić information content (AvgIpc) is 2.57. The summed E-state index contributed by atoms with van der Waals surface area (Å²) in [5, 5.41) is 21.2. The second kappa shape index (κ2) is 8.15. The first kappa shape index (κ1) is 20.3. The van der Waals surface area contributed by atoms with Gasteiger partial charge in [-0.1, -0.05) is 24.3 Å². The third-order valence-corrected chi connectivity index (χ3v) is 4.31. The molecule has 0 fully saturated rings. The number of pyridine rings is 2. The van der Waals surface area contributed by atoms with Crippen molar-refractivity contribution in [3.05, 3.63) is 71.0 Å². The first-order chi connectivity index (χ1) is 12.4. The van der Waals surface area contributed by atoms with Gasteiger partial charge in [0, 0.05) is 22.2 Å². The fraction of sp³-hybridized carbons (Fsp3) is 0.182. The van der Waals surface area contributed by atoms with Crippen LogP contribution in [0, 0.1) is 27.7 Å². The summed E-state index contributed by atoms with van der Waals surface area (Å²) in [6.07, 6.45) is 0. The number of hydrogen-bond donors (Lipinski definition) is 2. The van der Waals surface area contributed by atoms with E-state index in [-0.39, 0.29) is 24.5 Å². The molecule has 0 spiro atoms. The van der Waals surface area contributed by atoms with Gasteiger partial charge in [-0.15, -0.1) is 0 Å². The Morgan fingerprint density at radius 1 is 0.667 bits per heavy atom. The van der Waals surface area contributed by atoms with E-state index in [4.69, 9.17) is 0 Å². The van der Waals surface area contributed by atoms with Gasteiger partial charge in [0.2, 0.25) is 0 Å². The minimum absolute atomic E-state index is 0. The Morgan fingerprint density at radius 3 is 1.41 bits per heavy atom. The number of nitrogens with zero attached hydrogens (tertiary/aromatic N) is 2. The predicted molar refractivity (Wildman–Crippen MR) is 114 cm³/mol. The zero-order valence-electron chi connectivity index (χ0n) is 18.1. The molecule has 2 aromatic carbocycles. The van der Waals surface area contributed by atoms with Crippen molar-refractivity contribution in [2.24, 2.45) is 0 Å². The molecule has 4 rings (SSSR count). The maximum Gasteiger partial charge on any atom is 2.00 e. The third-order valence-electron chi connectivity index (χ3n) is 4.31. The molecule has 0 bridgehead atoms. The summed E-state index contributed by atoms with van der Waals surface area (Å²) in [4.78, 5) is 8.57. The molecule has 4 nitrogen and oxygen atoms in total. The van der Waals surface area contributed by atoms with Crippen LogP contribution in [0.2, 0.25) is 0 Å². The normalized spacial score (nSPS) is 10.2. The van der Waals surface area contributed by atoms with E-state index in [0.29, 0.717) is 11.0 Å². The smallest absolute Gasteiger partial charge is 1.00 e. The van der Waals surface area contributed by atoms with Crippen LogP contribution >= 0.6 is 0 Å². The molecule has 2 heterocycles. The van der Waals surface area contributed by atoms with E-state index in [1.807, 2.05) is 64.1 Å². The van der Waals surface area contributed by atoms with Crippen molar-refractivity contribution in [1.29, 1.82) is 0 Å². The Balaban J connectivity index is 0.000000490. The van der Waals surface area contributed by atoms with E-state index < -0.39 is 0 Å². The monoisotopic (exact) mass is 357 g/mol. The molecule has 0 saturated carbocycles. The number of phenolic OH excluding ortho intramolecular Hbond substituents is 2. The molecule has 2 aromatic heterocycles. The summed E-state index contributed by atoms with van der Waals surface area (Å²) < 4.78 is 0. The first-order valence-electron chi connectivity index (χ1n) is 8.48. The van der Waals surface area contributed by atoms with Gasteiger partial charge in [-0.2, -0.15) is 0 Å². The van der Waals surface area contributed by atoms with Crippen LogP contribution in [0.1, 0.15) is 25.4 Å². The fourth-order valence-electron chi connectivity index (χ4n) is 3.13. The Morgan fingerprint density at radius 2 is 1.04 bits per heavy atom. The second-order valence-electron chi connectivity index (χ2n) is 6.51. The molecule has 136 valence electrons. The molecule has 0 aliphatic rings. The van der Waals surface area contributed by atoms with Crippen LogP contribution in [-0.4, -0.2) is 30.3 Å². The predicted octanol–water partition coefficient (Wildman–Crippen LogP) is 4.96. The van der Waals surface area contributed by atoms with Gasteiger partial charge in [0.25, 0.3) is 0 Å². The molecular weight excluding hydrogens is 333 g/mol. The first-order valence-corrected chi connectivity index (χ1v) is 8.48. The van der Waals surface area contributed by atoms with Crippen molar-refractivity contribution < 1.29 is 13.1 Å². The topological polar surface area (TPSA) is 66.2 Å². The van der Waals surface area contributed by atoms with Gasteiger partial charge in [-0.05, 0) is 63.1 Å². The van der Waals surface area contributed by atoms with Crippen molar-refractivity contribution in [3.63, 3.8) is 0 Å². The average molecular weight is 357 g/mol. The van der Waals surface area contributed by atoms with Crippen LogP contribution in [0.25, 0.3) is 21.8 Å². The molecule has 27 heavy (non-hydrogen) atoms. The molecule has 0 atom stereocenters. The molecule has 4 aromatic rings. The van der Waals surface area contributed by atoms with E-state index in [1.165, 1.54) is 0 Å². The van der Waals surface area contributed by atoms with Crippen LogP contribution in [-0.2, 0) is 0 Å². The van der Waals surface area contributed by atoms with Crippen LogP contribution in [0.3, 0.4) is 0 Å². The molecule has 2 N–H and O–H groups in total. The second-order valence-corrected chi connectivity index (χ2v) is 6.51. The maximum atomic E-state index is 9.56. The van der Waals surface area contributed by atoms with Crippen LogP contribution in [0.5, 0.6) is 11.5 Å². The van der Waals surface area contributed by atoms with Crippen molar-refractivity contribution in [2.75, 3.05) is 0 Å². The fourth-order valence-corrected chi connectivity index (χ4v) is 3.13. The van der Waals surface area contributed by atoms with E-state index in [2.05, 4.69) is 9.97 Å². The van der Waals surface area contributed by atoms with Gasteiger partial charge in [0.15, 0.2) is 0 Å². The zero-order chi connectivity index (χ0) is 18.8. The number of benzene rings is 2. The Labute approximate surface area is 165 Å². The SMILES string of the molecule is Cc1cc(C)c2cccc(O)c2n1.Cc1cc(C)c2cccc(O)c2n1.[Be+2].[H-].[H-]. The number of aryl methyl sites for hydroxylation is 4. The molecule has 5 heteroatoms. The van der Waals surface area contributed by atoms with Crippen molar-refractivity contribution in [2.45, 2.75) is 27.7 Å². The summed E-state index contributed by atoms with van der Waals surface area (Å²) in [6.45, 7) is 7.91. The Kier molecular flexibility index (Phi) is 6.14. The van der Waals surface area contributed by atoms with Gasteiger partial charge in [0.05, 0.1) is 0 Å². The number of phenols is 2. The van der Waals surface area contributed by atoms with E-state index >= 15 is 0 Å². The number of fused-ring (bicyclic) bond motifs is 2. The van der Waals surface area contributed by atoms with Crippen molar-refractivity contribution >= 4 is 31.9 Å². The third kappa shape index (κ3) is 4.24. The van der Waals surface area contributed by atoms with E-state index in [1.54, 1.807) is 12.1 Å². The largest absolute Gasteiger partial charge is 2.00 e. The van der Waals surface area contributed by atoms with Gasteiger partial charge in [0.1, 0.15) is 22.5 Å². The quantitative estimate of drug-likeness (QED) is 0.437. The molecule has 0 aliphatic heterocycles. The van der Waals surface area contributed by atoms with E-state index in [0.717, 1.165) is 33.3 Å². The Hall–Kier alpha value is -2.97. The Bertz CT molecular complexity index is 1030. The van der Waals surface area contributed by atoms with Crippen LogP contribution in [0.4, 0.5) is 0 Å². The van der Waals surface area contributed by atoms with Crippen molar-refractivity contribution in [1.82, 2.24) is 9.97 Å². The zero-order valence-corrected chi connectivity index (χ0v) is 16.1. The van der Waals surface area contributed by atoms with Gasteiger partial charge >= 0.3 is 10.1 Å². The minimum Gasteiger partial charge on any atom is -1.00 e. The number of aromatic nitrogens is 2. The van der Waals surface area contributed by atoms with Crippen molar-refractivity contribution in [3.8, 4) is 11.5 Å². The number of rotatable bonds is 0. The summed E-state index contributed by atoms with van der Waals surface area (Å²) in [6, 6.07) is 15.0. The summed E-state index contributed by atoms with van der Waals surface area (Å²) in [7, 11) is 0. The molecule has 0 saturated heterocycles. The van der Waals surface area contributed by atoms with Gasteiger partial charge < -0.3 is 13.1 Å². The minimum atomic E-state index is 0. The molecule has 0 unspecified atom stereocenters. The summed E-state index contributed by atoms with van der Waals surface area (Å²) in [5.74, 6) is 0.508. The summed E-state index contributed by atoms with van der Waals surface area (Å²) >= 11 is 0. The molecular formula is C22H24BeN2O2. The number of hydrogen-bond acceptors (Lipinski definition) is 4. The standard InChI is InChI=1S/2C11H11NO.Be.2H/c2*1-7-6-8(2)12-11-9(7)4-3-5-10(11)13;;;/h2*3-6,13H,1-2H3;;;/q;;+2;2*-1. The number of aromatic hydroxyl groups is 2. The van der Waals surface area contributed by atoms with Crippen LogP contribution in [0.15, 0.2) is 48.5 Å². The van der Waals surface area contributed by atoms with E-state index in [9.17, 15) is 10.2 Å². The van der Waals surface area contributed by atoms with Crippen LogP contribution < -0.4 is 0 Å². The van der Waals surface area contributed by atoms with Gasteiger partial charge in [-0.3, -0.25) is 0 Å².